The smallest absolute Gasteiger partial charge is 0.0724 e. The van der Waals surface area contributed by atoms with E-state index >= 15 is 0 Å². The summed E-state index contributed by atoms with van der Waals surface area (Å²) >= 11 is 0. The molecule has 0 saturated carbocycles. The van der Waals surface area contributed by atoms with Gasteiger partial charge in [0.25, 0.3) is 0 Å². The predicted octanol–water partition coefficient (Wildman–Crippen LogP) is 10.4. The van der Waals surface area contributed by atoms with Crippen LogP contribution in [0.3, 0.4) is 0 Å². The van der Waals surface area contributed by atoms with Crippen molar-refractivity contribution in [1.82, 2.24) is 5.32 Å². The fraction of sp³-hybridized carbons (Fsp3) is 0.829. The maximum Gasteiger partial charge on any atom is 0.0724 e. The zero-order valence-corrected chi connectivity index (χ0v) is 27.2. The number of rotatable bonds is 21. The van der Waals surface area contributed by atoms with E-state index in [1.165, 1.54) is 75.3 Å². The normalized spacial score (nSPS) is 14.6. The number of hydrogen-bond acceptors (Lipinski definition) is 3. The van der Waals surface area contributed by atoms with Crippen molar-refractivity contribution >= 4 is 0 Å². The van der Waals surface area contributed by atoms with Crippen molar-refractivity contribution in [3.63, 3.8) is 0 Å². The molecular weight excluding hydrogens is 466 g/mol. The van der Waals surface area contributed by atoms with Crippen LogP contribution < -0.4 is 5.32 Å². The quantitative estimate of drug-likeness (QED) is 0.160. The summed E-state index contributed by atoms with van der Waals surface area (Å²) in [5.74, 6) is 0. The number of ether oxygens (including phenoxy) is 2. The van der Waals surface area contributed by atoms with Crippen LogP contribution in [-0.2, 0) is 22.6 Å². The molecule has 0 aliphatic rings. The van der Waals surface area contributed by atoms with Gasteiger partial charge in [-0.15, -0.1) is 0 Å². The Bertz CT molecular complexity index is 731. The fourth-order valence-corrected chi connectivity index (χ4v) is 4.72. The summed E-state index contributed by atoms with van der Waals surface area (Å²) in [6, 6.07) is 9.00. The van der Waals surface area contributed by atoms with Crippen molar-refractivity contribution in [3.8, 4) is 0 Å². The molecule has 222 valence electrons. The van der Waals surface area contributed by atoms with Gasteiger partial charge in [0, 0.05) is 18.7 Å². The fourth-order valence-electron chi connectivity index (χ4n) is 4.72. The molecule has 0 spiro atoms. The summed E-state index contributed by atoms with van der Waals surface area (Å²) in [5.41, 5.74) is 2.90. The zero-order chi connectivity index (χ0) is 28.7. The van der Waals surface area contributed by atoms with E-state index in [-0.39, 0.29) is 16.7 Å². The first kappa shape index (κ1) is 35.1. The Morgan fingerprint density at radius 1 is 0.605 bits per heavy atom. The van der Waals surface area contributed by atoms with Crippen molar-refractivity contribution in [3.05, 3.63) is 35.4 Å². The summed E-state index contributed by atoms with van der Waals surface area (Å²) in [5, 5.41) is 3.74. The standard InChI is InChI=1S/C35H65NO2/c1-11-13-15-17-23-35(10,22-16-14-12-2)38-29-31-20-18-30(19-21-31)28-36-33(6,7)26-27-37-34(8,9)25-24-32(3,4)5/h18-21,36H,11-17,22-29H2,1-10H3. The molecule has 1 aromatic rings. The summed E-state index contributed by atoms with van der Waals surface area (Å²) in [7, 11) is 0. The first-order valence-corrected chi connectivity index (χ1v) is 15.8. The van der Waals surface area contributed by atoms with Crippen LogP contribution in [0, 0.1) is 5.41 Å². The molecule has 1 rings (SSSR count). The van der Waals surface area contributed by atoms with Crippen molar-refractivity contribution in [2.45, 2.75) is 176 Å². The minimum absolute atomic E-state index is 0.00343. The molecule has 0 saturated heterocycles. The second kappa shape index (κ2) is 17.0. The molecule has 0 radical (unpaired) electrons. The van der Waals surface area contributed by atoms with Gasteiger partial charge < -0.3 is 14.8 Å². The lowest BCUT2D eigenvalue weighted by Crippen LogP contribution is -2.40. The number of nitrogens with one attached hydrogen (secondary N) is 1. The van der Waals surface area contributed by atoms with E-state index in [1.807, 2.05) is 0 Å². The van der Waals surface area contributed by atoms with Gasteiger partial charge in [0.05, 0.1) is 17.8 Å². The third-order valence-corrected chi connectivity index (χ3v) is 7.95. The number of unbranched alkanes of at least 4 members (excludes halogenated alkanes) is 5. The highest BCUT2D eigenvalue weighted by atomic mass is 16.5. The van der Waals surface area contributed by atoms with Gasteiger partial charge in [0.2, 0.25) is 0 Å². The first-order chi connectivity index (χ1) is 17.7. The zero-order valence-electron chi connectivity index (χ0n) is 27.2. The van der Waals surface area contributed by atoms with Gasteiger partial charge in [-0.05, 0) is 83.3 Å². The lowest BCUT2D eigenvalue weighted by Gasteiger charge is -2.32. The van der Waals surface area contributed by atoms with Gasteiger partial charge in [0.1, 0.15) is 0 Å². The van der Waals surface area contributed by atoms with Crippen LogP contribution >= 0.6 is 0 Å². The molecule has 0 fully saturated rings. The van der Waals surface area contributed by atoms with Crippen LogP contribution in [0.15, 0.2) is 24.3 Å². The van der Waals surface area contributed by atoms with E-state index in [4.69, 9.17) is 9.47 Å². The van der Waals surface area contributed by atoms with Crippen LogP contribution in [0.4, 0.5) is 0 Å². The molecule has 0 bridgehead atoms. The summed E-state index contributed by atoms with van der Waals surface area (Å²) < 4.78 is 12.9. The van der Waals surface area contributed by atoms with E-state index in [9.17, 15) is 0 Å². The second-order valence-electron chi connectivity index (χ2n) is 14.5. The lowest BCUT2D eigenvalue weighted by molar-refractivity contribution is -0.0576. The van der Waals surface area contributed by atoms with Gasteiger partial charge >= 0.3 is 0 Å². The average Bonchev–Trinajstić information content (AvgIpc) is 2.83. The highest BCUT2D eigenvalue weighted by molar-refractivity contribution is 5.22. The highest BCUT2D eigenvalue weighted by Gasteiger charge is 2.25. The Morgan fingerprint density at radius 3 is 1.74 bits per heavy atom. The van der Waals surface area contributed by atoms with E-state index in [0.29, 0.717) is 12.0 Å². The Hall–Kier alpha value is -0.900. The molecule has 0 aliphatic heterocycles. The predicted molar refractivity (Wildman–Crippen MR) is 167 cm³/mol. The first-order valence-electron chi connectivity index (χ1n) is 15.8. The average molecular weight is 532 g/mol. The molecule has 0 amide bonds. The van der Waals surface area contributed by atoms with E-state index < -0.39 is 0 Å². The topological polar surface area (TPSA) is 30.5 Å². The van der Waals surface area contributed by atoms with Crippen molar-refractivity contribution in [2.75, 3.05) is 6.61 Å². The summed E-state index contributed by atoms with van der Waals surface area (Å²) in [4.78, 5) is 0. The molecule has 0 aliphatic carbocycles. The Labute approximate surface area is 238 Å². The Balaban J connectivity index is 2.50. The van der Waals surface area contributed by atoms with Gasteiger partial charge in [-0.25, -0.2) is 0 Å². The second-order valence-corrected chi connectivity index (χ2v) is 14.5. The maximum absolute atomic E-state index is 6.57. The van der Waals surface area contributed by atoms with Gasteiger partial charge in [-0.1, -0.05) is 104 Å². The van der Waals surface area contributed by atoms with E-state index in [2.05, 4.69) is 98.8 Å². The van der Waals surface area contributed by atoms with E-state index in [0.717, 1.165) is 26.0 Å². The van der Waals surface area contributed by atoms with Crippen molar-refractivity contribution in [1.29, 1.82) is 0 Å². The third-order valence-electron chi connectivity index (χ3n) is 7.95. The number of hydrogen-bond donors (Lipinski definition) is 1. The maximum atomic E-state index is 6.57. The lowest BCUT2D eigenvalue weighted by atomic mass is 9.86. The molecule has 1 atom stereocenters. The molecule has 38 heavy (non-hydrogen) atoms. The van der Waals surface area contributed by atoms with Crippen LogP contribution in [0.5, 0.6) is 0 Å². The molecule has 0 heterocycles. The number of benzene rings is 1. The van der Waals surface area contributed by atoms with Crippen LogP contribution in [0.1, 0.15) is 157 Å². The molecule has 1 unspecified atom stereocenters. The molecule has 3 heteroatoms. The molecular formula is C35H65NO2. The molecule has 1 N–H and O–H groups in total. The Kier molecular flexibility index (Phi) is 15.7. The largest absolute Gasteiger partial charge is 0.376 e. The van der Waals surface area contributed by atoms with Crippen LogP contribution in [0.25, 0.3) is 0 Å². The SMILES string of the molecule is CCCCCCC(C)(CCCCC)OCc1ccc(CNC(C)(C)CCOC(C)(C)CCC(C)(C)C)cc1. The summed E-state index contributed by atoms with van der Waals surface area (Å²) in [6.07, 6.45) is 14.7. The van der Waals surface area contributed by atoms with Crippen LogP contribution in [0.2, 0.25) is 0 Å². The molecule has 0 aromatic heterocycles. The monoisotopic (exact) mass is 532 g/mol. The van der Waals surface area contributed by atoms with Gasteiger partial charge in [0.15, 0.2) is 0 Å². The molecule has 1 aromatic carbocycles. The highest BCUT2D eigenvalue weighted by Crippen LogP contribution is 2.29. The van der Waals surface area contributed by atoms with Gasteiger partial charge in [-0.3, -0.25) is 0 Å². The molecule has 3 nitrogen and oxygen atoms in total. The third kappa shape index (κ3) is 16.9. The van der Waals surface area contributed by atoms with Crippen LogP contribution in [-0.4, -0.2) is 23.3 Å². The minimum atomic E-state index is -0.0666. The van der Waals surface area contributed by atoms with Gasteiger partial charge in [-0.2, -0.15) is 0 Å². The Morgan fingerprint density at radius 2 is 1.16 bits per heavy atom. The van der Waals surface area contributed by atoms with Crippen molar-refractivity contribution < 1.29 is 9.47 Å². The van der Waals surface area contributed by atoms with E-state index in [1.54, 1.807) is 0 Å². The minimum Gasteiger partial charge on any atom is -0.376 e. The van der Waals surface area contributed by atoms with Crippen molar-refractivity contribution in [2.24, 2.45) is 5.41 Å². The summed E-state index contributed by atoms with van der Waals surface area (Å²) in [6.45, 7) is 25.2.